The summed E-state index contributed by atoms with van der Waals surface area (Å²) in [4.78, 5) is 16.3. The van der Waals surface area contributed by atoms with Gasteiger partial charge in [-0.1, -0.05) is 19.0 Å². The number of nitrogens with one attached hydrogen (secondary N) is 1. The molecule has 2 rings (SSSR count). The summed E-state index contributed by atoms with van der Waals surface area (Å²) < 4.78 is 0. The highest BCUT2D eigenvalue weighted by Crippen LogP contribution is 2.26. The zero-order valence-electron chi connectivity index (χ0n) is 11.2. The molecule has 19 heavy (non-hydrogen) atoms. The second-order valence-electron chi connectivity index (χ2n) is 4.98. The molecule has 0 saturated carbocycles. The molecule has 2 heterocycles. The highest BCUT2D eigenvalue weighted by Gasteiger charge is 2.31. The number of carbonyl (C=O) groups excluding carboxylic acids is 1. The van der Waals surface area contributed by atoms with Crippen LogP contribution < -0.4 is 4.90 Å². The Morgan fingerprint density at radius 3 is 3.21 bits per heavy atom. The van der Waals surface area contributed by atoms with Gasteiger partial charge in [0.1, 0.15) is 0 Å². The maximum Gasteiger partial charge on any atom is 0.228 e. The first kappa shape index (κ1) is 13.4. The molecule has 1 fully saturated rings. The monoisotopic (exact) mass is 262 g/mol. The number of amides is 1. The molecule has 1 N–H and O–H groups in total. The highest BCUT2D eigenvalue weighted by molar-refractivity contribution is 5.94. The lowest BCUT2D eigenvalue weighted by molar-refractivity contribution is -0.117. The van der Waals surface area contributed by atoms with Gasteiger partial charge in [0.25, 0.3) is 0 Å². The predicted octanol–water partition coefficient (Wildman–Crippen LogP) is 2.59. The van der Waals surface area contributed by atoms with Gasteiger partial charge in [0.15, 0.2) is 5.82 Å². The number of hydrogen-bond acceptors (Lipinski definition) is 3. The van der Waals surface area contributed by atoms with Crippen molar-refractivity contribution < 1.29 is 4.79 Å². The third-order valence-corrected chi connectivity index (χ3v) is 3.61. The molecule has 102 valence electrons. The Hall–Kier alpha value is -2.01. The molecule has 7 nitrogen and oxygen atoms in total. The van der Waals surface area contributed by atoms with Gasteiger partial charge in [-0.05, 0) is 23.8 Å². The van der Waals surface area contributed by atoms with E-state index >= 15 is 0 Å². The van der Waals surface area contributed by atoms with Crippen LogP contribution in [0.5, 0.6) is 0 Å². The number of nitrogens with zero attached hydrogens (tertiary/aromatic N) is 5. The molecule has 1 aliphatic rings. The summed E-state index contributed by atoms with van der Waals surface area (Å²) in [5.41, 5.74) is 9.35. The normalized spacial score (nSPS) is 20.4. The van der Waals surface area contributed by atoms with Gasteiger partial charge in [-0.2, -0.15) is 5.10 Å². The first-order valence-corrected chi connectivity index (χ1v) is 6.52. The molecular weight excluding hydrogens is 244 g/mol. The third kappa shape index (κ3) is 2.88. The minimum atomic E-state index is 0.0420. The molecule has 2 unspecified atom stereocenters. The molecule has 0 radical (unpaired) electrons. The Kier molecular flexibility index (Phi) is 4.06. The second kappa shape index (κ2) is 5.75. The van der Waals surface area contributed by atoms with Gasteiger partial charge >= 0.3 is 0 Å². The van der Waals surface area contributed by atoms with E-state index in [0.29, 0.717) is 31.2 Å². The van der Waals surface area contributed by atoms with E-state index in [9.17, 15) is 4.79 Å². The summed E-state index contributed by atoms with van der Waals surface area (Å²) >= 11 is 0. The van der Waals surface area contributed by atoms with Crippen LogP contribution in [-0.2, 0) is 4.79 Å². The quantitative estimate of drug-likeness (QED) is 0.501. The number of H-pyrrole nitrogens is 1. The molecule has 0 bridgehead atoms. The van der Waals surface area contributed by atoms with Crippen molar-refractivity contribution in [3.63, 3.8) is 0 Å². The zero-order chi connectivity index (χ0) is 13.8. The Morgan fingerprint density at radius 1 is 1.74 bits per heavy atom. The standard InChI is InChI=1S/C12H18N6O/c1-3-8(2)10-5-11(16-15-10)18-7-9(4-12(18)19)6-14-17-13/h5,8-9H,3-4,6-7H2,1-2H3,(H,15,16). The maximum atomic E-state index is 11.9. The molecule has 2 atom stereocenters. The molecule has 1 saturated heterocycles. The summed E-state index contributed by atoms with van der Waals surface area (Å²) in [6, 6.07) is 1.93. The maximum absolute atomic E-state index is 11.9. The molecular formula is C12H18N6O. The van der Waals surface area contributed by atoms with E-state index < -0.39 is 0 Å². The van der Waals surface area contributed by atoms with Gasteiger partial charge < -0.3 is 0 Å². The lowest BCUT2D eigenvalue weighted by Gasteiger charge is -2.12. The summed E-state index contributed by atoms with van der Waals surface area (Å²) in [7, 11) is 0. The largest absolute Gasteiger partial charge is 0.295 e. The van der Waals surface area contributed by atoms with Crippen molar-refractivity contribution in [1.82, 2.24) is 10.2 Å². The lowest BCUT2D eigenvalue weighted by Crippen LogP contribution is -2.25. The van der Waals surface area contributed by atoms with Gasteiger partial charge in [-0.3, -0.25) is 14.8 Å². The number of aromatic nitrogens is 2. The van der Waals surface area contributed by atoms with Crippen LogP contribution in [0.1, 0.15) is 38.3 Å². The predicted molar refractivity (Wildman–Crippen MR) is 71.8 cm³/mol. The molecule has 0 spiro atoms. The van der Waals surface area contributed by atoms with Crippen molar-refractivity contribution in [3.8, 4) is 0 Å². The number of carbonyl (C=O) groups is 1. The Bertz CT molecular complexity index is 504. The molecule has 1 aliphatic heterocycles. The van der Waals surface area contributed by atoms with E-state index in [0.717, 1.165) is 12.1 Å². The molecule has 1 aromatic rings. The Balaban J connectivity index is 2.07. The van der Waals surface area contributed by atoms with Crippen LogP contribution in [0.25, 0.3) is 10.4 Å². The van der Waals surface area contributed by atoms with Gasteiger partial charge in [0, 0.05) is 36.2 Å². The average molecular weight is 262 g/mol. The minimum Gasteiger partial charge on any atom is -0.295 e. The Labute approximate surface area is 111 Å². The van der Waals surface area contributed by atoms with E-state index in [1.165, 1.54) is 0 Å². The molecule has 0 aromatic carbocycles. The summed E-state index contributed by atoms with van der Waals surface area (Å²) in [5.74, 6) is 1.20. The lowest BCUT2D eigenvalue weighted by atomic mass is 10.1. The topological polar surface area (TPSA) is 97.8 Å². The van der Waals surface area contributed by atoms with Crippen LogP contribution in [0.15, 0.2) is 11.2 Å². The van der Waals surface area contributed by atoms with Crippen LogP contribution in [0, 0.1) is 5.92 Å². The highest BCUT2D eigenvalue weighted by atomic mass is 16.2. The van der Waals surface area contributed by atoms with Gasteiger partial charge in [0.05, 0.1) is 0 Å². The third-order valence-electron chi connectivity index (χ3n) is 3.61. The van der Waals surface area contributed by atoms with Gasteiger partial charge in [-0.25, -0.2) is 0 Å². The van der Waals surface area contributed by atoms with Crippen molar-refractivity contribution >= 4 is 11.7 Å². The number of azide groups is 1. The van der Waals surface area contributed by atoms with Crippen molar-refractivity contribution in [3.05, 3.63) is 22.2 Å². The molecule has 1 aromatic heterocycles. The van der Waals surface area contributed by atoms with E-state index in [-0.39, 0.29) is 11.8 Å². The summed E-state index contributed by atoms with van der Waals surface area (Å²) in [6.07, 6.45) is 1.44. The van der Waals surface area contributed by atoms with Crippen LogP contribution in [0.2, 0.25) is 0 Å². The van der Waals surface area contributed by atoms with Crippen LogP contribution >= 0.6 is 0 Å². The zero-order valence-corrected chi connectivity index (χ0v) is 11.2. The summed E-state index contributed by atoms with van der Waals surface area (Å²) in [5, 5.41) is 10.7. The number of anilines is 1. The van der Waals surface area contributed by atoms with Crippen LogP contribution in [0.4, 0.5) is 5.82 Å². The SMILES string of the molecule is CCC(C)c1cc(N2CC(CN=[N+]=[N-])CC2=O)n[nH]1. The van der Waals surface area contributed by atoms with Gasteiger partial charge in [-0.15, -0.1) is 0 Å². The fourth-order valence-corrected chi connectivity index (χ4v) is 2.21. The van der Waals surface area contributed by atoms with Crippen molar-refractivity contribution in [2.75, 3.05) is 18.0 Å². The minimum absolute atomic E-state index is 0.0420. The van der Waals surface area contributed by atoms with Crippen LogP contribution in [0.3, 0.4) is 0 Å². The molecule has 7 heteroatoms. The fraction of sp³-hybridized carbons (Fsp3) is 0.667. The number of rotatable bonds is 5. The fourth-order valence-electron chi connectivity index (χ4n) is 2.21. The van der Waals surface area contributed by atoms with Gasteiger partial charge in [0.2, 0.25) is 5.91 Å². The average Bonchev–Trinajstić information content (AvgIpc) is 3.02. The van der Waals surface area contributed by atoms with Crippen LogP contribution in [-0.4, -0.2) is 29.2 Å². The van der Waals surface area contributed by atoms with Crippen molar-refractivity contribution in [2.24, 2.45) is 11.0 Å². The number of aromatic amines is 1. The first-order chi connectivity index (χ1) is 9.15. The van der Waals surface area contributed by atoms with E-state index in [2.05, 4.69) is 34.1 Å². The smallest absolute Gasteiger partial charge is 0.228 e. The van der Waals surface area contributed by atoms with Crippen molar-refractivity contribution in [1.29, 1.82) is 0 Å². The van der Waals surface area contributed by atoms with E-state index in [1.807, 2.05) is 6.07 Å². The molecule has 1 amide bonds. The van der Waals surface area contributed by atoms with E-state index in [4.69, 9.17) is 5.53 Å². The first-order valence-electron chi connectivity index (χ1n) is 6.52. The second-order valence-corrected chi connectivity index (χ2v) is 4.98. The Morgan fingerprint density at radius 2 is 2.53 bits per heavy atom. The number of hydrogen-bond donors (Lipinski definition) is 1. The van der Waals surface area contributed by atoms with Crippen molar-refractivity contribution in [2.45, 2.75) is 32.6 Å². The molecule has 0 aliphatic carbocycles. The van der Waals surface area contributed by atoms with E-state index in [1.54, 1.807) is 4.90 Å². The summed E-state index contributed by atoms with van der Waals surface area (Å²) in [6.45, 7) is 5.17.